The van der Waals surface area contributed by atoms with Crippen molar-refractivity contribution < 1.29 is 4.52 Å². The summed E-state index contributed by atoms with van der Waals surface area (Å²) in [5.74, 6) is 2.46. The van der Waals surface area contributed by atoms with E-state index in [0.29, 0.717) is 5.89 Å². The highest BCUT2D eigenvalue weighted by atomic mass is 32.2. The second-order valence-electron chi connectivity index (χ2n) is 4.81. The van der Waals surface area contributed by atoms with Gasteiger partial charge in [0.2, 0.25) is 5.89 Å². The Bertz CT molecular complexity index is 541. The molecule has 1 aromatic carbocycles. The lowest BCUT2D eigenvalue weighted by atomic mass is 10.2. The van der Waals surface area contributed by atoms with Gasteiger partial charge in [0, 0.05) is 17.4 Å². The first kappa shape index (κ1) is 15.1. The standard InChI is InChI=1S/C15H21N3OS/c1-4-16-9-12(3)15-17-14(18-19-15)10-20-13-8-6-5-7-11(13)2/h5-8,12,16H,4,9-10H2,1-3H3. The number of hydrogen-bond donors (Lipinski definition) is 1. The van der Waals surface area contributed by atoms with E-state index in [0.717, 1.165) is 24.7 Å². The van der Waals surface area contributed by atoms with Crippen molar-refractivity contribution in [2.24, 2.45) is 0 Å². The molecule has 0 bridgehead atoms. The van der Waals surface area contributed by atoms with Gasteiger partial charge in [0.15, 0.2) is 5.82 Å². The van der Waals surface area contributed by atoms with Gasteiger partial charge in [-0.3, -0.25) is 0 Å². The van der Waals surface area contributed by atoms with Gasteiger partial charge in [0.05, 0.1) is 5.75 Å². The number of thioether (sulfide) groups is 1. The number of nitrogens with one attached hydrogen (secondary N) is 1. The molecule has 4 nitrogen and oxygen atoms in total. The van der Waals surface area contributed by atoms with E-state index in [1.54, 1.807) is 11.8 Å². The van der Waals surface area contributed by atoms with E-state index >= 15 is 0 Å². The minimum absolute atomic E-state index is 0.250. The molecule has 0 spiro atoms. The van der Waals surface area contributed by atoms with E-state index in [2.05, 4.69) is 54.4 Å². The topological polar surface area (TPSA) is 51.0 Å². The smallest absolute Gasteiger partial charge is 0.230 e. The summed E-state index contributed by atoms with van der Waals surface area (Å²) in [5.41, 5.74) is 1.28. The average Bonchev–Trinajstić information content (AvgIpc) is 2.93. The SMILES string of the molecule is CCNCC(C)c1nc(CSc2ccccc2C)no1. The normalized spacial score (nSPS) is 12.6. The predicted octanol–water partition coefficient (Wildman–Crippen LogP) is 3.38. The zero-order valence-corrected chi connectivity index (χ0v) is 13.0. The molecule has 108 valence electrons. The maximum Gasteiger partial charge on any atom is 0.230 e. The van der Waals surface area contributed by atoms with E-state index in [1.807, 2.05) is 6.07 Å². The van der Waals surface area contributed by atoms with Crippen LogP contribution in [0, 0.1) is 6.92 Å². The lowest BCUT2D eigenvalue weighted by Gasteiger charge is -2.05. The maximum atomic E-state index is 5.33. The second kappa shape index (κ2) is 7.45. The zero-order valence-electron chi connectivity index (χ0n) is 12.2. The highest BCUT2D eigenvalue weighted by molar-refractivity contribution is 7.98. The molecular formula is C15H21N3OS. The van der Waals surface area contributed by atoms with Gasteiger partial charge >= 0.3 is 0 Å². The molecule has 0 fully saturated rings. The van der Waals surface area contributed by atoms with E-state index in [1.165, 1.54) is 10.5 Å². The number of hydrogen-bond acceptors (Lipinski definition) is 5. The number of nitrogens with zero attached hydrogens (tertiary/aromatic N) is 2. The lowest BCUT2D eigenvalue weighted by molar-refractivity contribution is 0.352. The quantitative estimate of drug-likeness (QED) is 0.793. The Morgan fingerprint density at radius 3 is 2.90 bits per heavy atom. The van der Waals surface area contributed by atoms with Crippen LogP contribution in [-0.2, 0) is 5.75 Å². The predicted molar refractivity (Wildman–Crippen MR) is 82.0 cm³/mol. The van der Waals surface area contributed by atoms with Gasteiger partial charge in [-0.1, -0.05) is 37.2 Å². The summed E-state index contributed by atoms with van der Waals surface area (Å²) >= 11 is 1.74. The Balaban J connectivity index is 1.91. The van der Waals surface area contributed by atoms with Crippen LogP contribution in [-0.4, -0.2) is 23.2 Å². The van der Waals surface area contributed by atoms with Crippen molar-refractivity contribution in [3.63, 3.8) is 0 Å². The third-order valence-electron chi connectivity index (χ3n) is 3.06. The molecule has 1 heterocycles. The molecular weight excluding hydrogens is 270 g/mol. The fourth-order valence-electron chi connectivity index (χ4n) is 1.84. The Kier molecular flexibility index (Phi) is 5.61. The Labute approximate surface area is 124 Å². The first-order chi connectivity index (χ1) is 9.70. The summed E-state index contributed by atoms with van der Waals surface area (Å²) in [4.78, 5) is 5.73. The molecule has 2 rings (SSSR count). The van der Waals surface area contributed by atoms with Gasteiger partial charge in [-0.2, -0.15) is 4.98 Å². The van der Waals surface area contributed by atoms with Crippen LogP contribution >= 0.6 is 11.8 Å². The number of rotatable bonds is 7. The van der Waals surface area contributed by atoms with Gasteiger partial charge in [0.1, 0.15) is 0 Å². The Morgan fingerprint density at radius 1 is 1.35 bits per heavy atom. The molecule has 0 aliphatic carbocycles. The molecule has 0 saturated carbocycles. The third kappa shape index (κ3) is 4.08. The lowest BCUT2D eigenvalue weighted by Crippen LogP contribution is -2.19. The largest absolute Gasteiger partial charge is 0.339 e. The van der Waals surface area contributed by atoms with Crippen molar-refractivity contribution >= 4 is 11.8 Å². The van der Waals surface area contributed by atoms with Gasteiger partial charge < -0.3 is 9.84 Å². The van der Waals surface area contributed by atoms with Gasteiger partial charge in [-0.15, -0.1) is 11.8 Å². The second-order valence-corrected chi connectivity index (χ2v) is 5.83. The summed E-state index contributed by atoms with van der Waals surface area (Å²) in [5, 5.41) is 7.34. The van der Waals surface area contributed by atoms with Crippen molar-refractivity contribution in [1.82, 2.24) is 15.5 Å². The van der Waals surface area contributed by atoms with Crippen LogP contribution in [0.3, 0.4) is 0 Å². The summed E-state index contributed by atoms with van der Waals surface area (Å²) in [6.45, 7) is 8.11. The van der Waals surface area contributed by atoms with Crippen molar-refractivity contribution in [3.05, 3.63) is 41.5 Å². The highest BCUT2D eigenvalue weighted by Gasteiger charge is 2.14. The van der Waals surface area contributed by atoms with E-state index in [9.17, 15) is 0 Å². The number of aryl methyl sites for hydroxylation is 1. The Hall–Kier alpha value is -1.33. The van der Waals surface area contributed by atoms with E-state index < -0.39 is 0 Å². The van der Waals surface area contributed by atoms with Crippen LogP contribution in [0.2, 0.25) is 0 Å². The van der Waals surface area contributed by atoms with Crippen LogP contribution < -0.4 is 5.32 Å². The van der Waals surface area contributed by atoms with Crippen molar-refractivity contribution in [1.29, 1.82) is 0 Å². The fourth-order valence-corrected chi connectivity index (χ4v) is 2.71. The zero-order chi connectivity index (χ0) is 14.4. The molecule has 1 unspecified atom stereocenters. The first-order valence-corrected chi connectivity index (χ1v) is 7.91. The highest BCUT2D eigenvalue weighted by Crippen LogP contribution is 2.25. The third-order valence-corrected chi connectivity index (χ3v) is 4.23. The van der Waals surface area contributed by atoms with Gasteiger partial charge in [0.25, 0.3) is 0 Å². The summed E-state index contributed by atoms with van der Waals surface area (Å²) in [6.07, 6.45) is 0. The molecule has 20 heavy (non-hydrogen) atoms. The molecule has 0 aliphatic rings. The number of likely N-dealkylation sites (N-methyl/N-ethyl adjacent to an activating group) is 1. The van der Waals surface area contributed by atoms with E-state index in [-0.39, 0.29) is 5.92 Å². The van der Waals surface area contributed by atoms with Crippen molar-refractivity contribution in [2.75, 3.05) is 13.1 Å². The minimum Gasteiger partial charge on any atom is -0.339 e. The van der Waals surface area contributed by atoms with Crippen molar-refractivity contribution in [2.45, 2.75) is 37.3 Å². The molecule has 0 saturated heterocycles. The molecule has 1 aromatic heterocycles. The van der Waals surface area contributed by atoms with Crippen LogP contribution in [0.1, 0.15) is 37.0 Å². The van der Waals surface area contributed by atoms with Crippen LogP contribution in [0.15, 0.2) is 33.7 Å². The number of aromatic nitrogens is 2. The first-order valence-electron chi connectivity index (χ1n) is 6.92. The molecule has 0 amide bonds. The molecule has 2 aromatic rings. The van der Waals surface area contributed by atoms with Crippen molar-refractivity contribution in [3.8, 4) is 0 Å². The number of benzene rings is 1. The molecule has 0 aliphatic heterocycles. The maximum absolute atomic E-state index is 5.33. The Morgan fingerprint density at radius 2 is 2.15 bits per heavy atom. The summed E-state index contributed by atoms with van der Waals surface area (Å²) in [7, 11) is 0. The van der Waals surface area contributed by atoms with Gasteiger partial charge in [-0.25, -0.2) is 0 Å². The summed E-state index contributed by atoms with van der Waals surface area (Å²) < 4.78 is 5.33. The summed E-state index contributed by atoms with van der Waals surface area (Å²) in [6, 6.07) is 8.33. The van der Waals surface area contributed by atoms with Crippen LogP contribution in [0.25, 0.3) is 0 Å². The van der Waals surface area contributed by atoms with Crippen LogP contribution in [0.5, 0.6) is 0 Å². The molecule has 1 atom stereocenters. The van der Waals surface area contributed by atoms with Crippen LogP contribution in [0.4, 0.5) is 0 Å². The fraction of sp³-hybridized carbons (Fsp3) is 0.467. The molecule has 5 heteroatoms. The average molecular weight is 291 g/mol. The molecule has 0 radical (unpaired) electrons. The monoisotopic (exact) mass is 291 g/mol. The van der Waals surface area contributed by atoms with Gasteiger partial charge in [-0.05, 0) is 25.1 Å². The van der Waals surface area contributed by atoms with E-state index in [4.69, 9.17) is 4.52 Å². The molecule has 1 N–H and O–H groups in total. The minimum atomic E-state index is 0.250.